The Balaban J connectivity index is 1.85. The van der Waals surface area contributed by atoms with Crippen LogP contribution in [0, 0.1) is 5.41 Å². The van der Waals surface area contributed by atoms with E-state index in [2.05, 4.69) is 25.7 Å². The fourth-order valence-electron chi connectivity index (χ4n) is 4.05. The van der Waals surface area contributed by atoms with Gasteiger partial charge in [-0.25, -0.2) is 4.98 Å². The number of hydrogen-bond acceptors (Lipinski definition) is 4. The monoisotopic (exact) mass is 307 g/mol. The van der Waals surface area contributed by atoms with Crippen LogP contribution in [0.2, 0.25) is 0 Å². The molecule has 0 aromatic carbocycles. The number of thiazole rings is 1. The minimum Gasteiger partial charge on any atom is -0.345 e. The van der Waals surface area contributed by atoms with E-state index in [1.54, 1.807) is 0 Å². The van der Waals surface area contributed by atoms with Crippen LogP contribution < -0.4 is 10.6 Å². The molecule has 1 atom stereocenters. The second-order valence-corrected chi connectivity index (χ2v) is 8.55. The second kappa shape index (κ2) is 5.88. The topological polar surface area (TPSA) is 42.2 Å². The molecule has 3 rings (SSSR count). The standard InChI is InChI=1S/C17H29N3S/c1-4-20(12-8-6-5-7-9-12)16-19-14-11-17(2,3)10-13(18)15(14)21-16/h12-13H,4-11,18H2,1-3H3. The lowest BCUT2D eigenvalue weighted by molar-refractivity contribution is 0.282. The van der Waals surface area contributed by atoms with Gasteiger partial charge in [0.1, 0.15) is 0 Å². The van der Waals surface area contributed by atoms with Crippen molar-refractivity contribution >= 4 is 16.5 Å². The van der Waals surface area contributed by atoms with Gasteiger partial charge in [-0.05, 0) is 38.0 Å². The molecule has 0 spiro atoms. The van der Waals surface area contributed by atoms with E-state index in [-0.39, 0.29) is 6.04 Å². The maximum atomic E-state index is 6.41. The summed E-state index contributed by atoms with van der Waals surface area (Å²) in [6, 6.07) is 0.876. The maximum absolute atomic E-state index is 6.41. The largest absolute Gasteiger partial charge is 0.345 e. The van der Waals surface area contributed by atoms with Gasteiger partial charge in [-0.2, -0.15) is 0 Å². The Hall–Kier alpha value is -0.610. The van der Waals surface area contributed by atoms with Gasteiger partial charge in [-0.3, -0.25) is 0 Å². The van der Waals surface area contributed by atoms with Crippen LogP contribution in [0.3, 0.4) is 0 Å². The zero-order valence-electron chi connectivity index (χ0n) is 13.7. The molecule has 0 bridgehead atoms. The van der Waals surface area contributed by atoms with E-state index in [9.17, 15) is 0 Å². The highest BCUT2D eigenvalue weighted by Gasteiger charge is 2.34. The lowest BCUT2D eigenvalue weighted by Gasteiger charge is -2.33. The highest BCUT2D eigenvalue weighted by atomic mass is 32.1. The molecular formula is C17H29N3S. The van der Waals surface area contributed by atoms with Crippen LogP contribution in [0.5, 0.6) is 0 Å². The Kier molecular flexibility index (Phi) is 4.28. The van der Waals surface area contributed by atoms with Crippen LogP contribution in [0.15, 0.2) is 0 Å². The Labute approximate surface area is 132 Å². The first-order chi connectivity index (χ1) is 10.00. The number of aromatic nitrogens is 1. The van der Waals surface area contributed by atoms with Crippen molar-refractivity contribution in [2.45, 2.75) is 77.8 Å². The molecular weight excluding hydrogens is 278 g/mol. The van der Waals surface area contributed by atoms with E-state index < -0.39 is 0 Å². The van der Waals surface area contributed by atoms with Gasteiger partial charge in [-0.1, -0.05) is 44.4 Å². The van der Waals surface area contributed by atoms with Crippen LogP contribution in [0.25, 0.3) is 0 Å². The molecule has 1 saturated carbocycles. The van der Waals surface area contributed by atoms with E-state index in [4.69, 9.17) is 10.7 Å². The van der Waals surface area contributed by atoms with Crippen molar-refractivity contribution in [3.63, 3.8) is 0 Å². The minimum absolute atomic E-state index is 0.181. The molecule has 2 aliphatic rings. The molecule has 0 saturated heterocycles. The zero-order chi connectivity index (χ0) is 15.0. The Morgan fingerprint density at radius 2 is 2.00 bits per heavy atom. The van der Waals surface area contributed by atoms with Crippen LogP contribution in [0.1, 0.15) is 75.9 Å². The predicted molar refractivity (Wildman–Crippen MR) is 91.0 cm³/mol. The molecule has 1 fully saturated rings. The number of hydrogen-bond donors (Lipinski definition) is 1. The zero-order valence-corrected chi connectivity index (χ0v) is 14.5. The second-order valence-electron chi connectivity index (χ2n) is 7.54. The van der Waals surface area contributed by atoms with Crippen molar-refractivity contribution in [2.75, 3.05) is 11.4 Å². The first-order valence-corrected chi connectivity index (χ1v) is 9.33. The van der Waals surface area contributed by atoms with Gasteiger partial charge < -0.3 is 10.6 Å². The van der Waals surface area contributed by atoms with Crippen molar-refractivity contribution in [2.24, 2.45) is 11.1 Å². The van der Waals surface area contributed by atoms with Crippen LogP contribution in [0.4, 0.5) is 5.13 Å². The summed E-state index contributed by atoms with van der Waals surface area (Å²) in [5.41, 5.74) is 7.97. The molecule has 2 aliphatic carbocycles. The molecule has 0 aliphatic heterocycles. The molecule has 3 nitrogen and oxygen atoms in total. The number of nitrogens with two attached hydrogens (primary N) is 1. The highest BCUT2D eigenvalue weighted by molar-refractivity contribution is 7.15. The average molecular weight is 308 g/mol. The van der Waals surface area contributed by atoms with E-state index in [1.165, 1.54) is 47.8 Å². The van der Waals surface area contributed by atoms with Gasteiger partial charge in [0.15, 0.2) is 5.13 Å². The third kappa shape index (κ3) is 3.11. The Morgan fingerprint density at radius 1 is 1.29 bits per heavy atom. The molecule has 2 N–H and O–H groups in total. The molecule has 0 amide bonds. The van der Waals surface area contributed by atoms with Gasteiger partial charge in [0.2, 0.25) is 0 Å². The summed E-state index contributed by atoms with van der Waals surface area (Å²) in [7, 11) is 0. The lowest BCUT2D eigenvalue weighted by Crippen LogP contribution is -2.36. The fraction of sp³-hybridized carbons (Fsp3) is 0.824. The average Bonchev–Trinajstić information content (AvgIpc) is 2.83. The number of nitrogens with zero attached hydrogens (tertiary/aromatic N) is 2. The predicted octanol–water partition coefficient (Wildman–Crippen LogP) is 4.27. The summed E-state index contributed by atoms with van der Waals surface area (Å²) in [6.45, 7) is 7.95. The van der Waals surface area contributed by atoms with Crippen molar-refractivity contribution in [1.29, 1.82) is 0 Å². The van der Waals surface area contributed by atoms with Gasteiger partial charge in [0.25, 0.3) is 0 Å². The lowest BCUT2D eigenvalue weighted by atomic mass is 9.77. The Morgan fingerprint density at radius 3 is 2.67 bits per heavy atom. The third-order valence-corrected chi connectivity index (χ3v) is 6.34. The SMILES string of the molecule is CCN(c1nc2c(s1)C(N)CC(C)(C)C2)C1CCCCC1. The summed E-state index contributed by atoms with van der Waals surface area (Å²) in [5.74, 6) is 0. The molecule has 118 valence electrons. The first-order valence-electron chi connectivity index (χ1n) is 8.52. The van der Waals surface area contributed by atoms with E-state index in [0.29, 0.717) is 11.5 Å². The molecule has 21 heavy (non-hydrogen) atoms. The van der Waals surface area contributed by atoms with Gasteiger partial charge >= 0.3 is 0 Å². The van der Waals surface area contributed by atoms with Gasteiger partial charge in [0.05, 0.1) is 5.69 Å². The van der Waals surface area contributed by atoms with Gasteiger partial charge in [-0.15, -0.1) is 0 Å². The third-order valence-electron chi connectivity index (χ3n) is 5.07. The van der Waals surface area contributed by atoms with E-state index >= 15 is 0 Å². The molecule has 1 aromatic heterocycles. The van der Waals surface area contributed by atoms with Crippen molar-refractivity contribution in [3.8, 4) is 0 Å². The van der Waals surface area contributed by atoms with Crippen molar-refractivity contribution < 1.29 is 0 Å². The van der Waals surface area contributed by atoms with Crippen LogP contribution in [-0.4, -0.2) is 17.6 Å². The smallest absolute Gasteiger partial charge is 0.186 e. The number of anilines is 1. The molecule has 0 radical (unpaired) electrons. The maximum Gasteiger partial charge on any atom is 0.186 e. The number of fused-ring (bicyclic) bond motifs is 1. The number of rotatable bonds is 3. The van der Waals surface area contributed by atoms with Crippen molar-refractivity contribution in [3.05, 3.63) is 10.6 Å². The van der Waals surface area contributed by atoms with E-state index in [0.717, 1.165) is 19.4 Å². The summed E-state index contributed by atoms with van der Waals surface area (Å²) < 4.78 is 0. The fourth-order valence-corrected chi connectivity index (χ4v) is 5.26. The molecule has 1 aromatic rings. The van der Waals surface area contributed by atoms with Crippen LogP contribution in [-0.2, 0) is 6.42 Å². The minimum atomic E-state index is 0.181. The summed E-state index contributed by atoms with van der Waals surface area (Å²) in [4.78, 5) is 8.90. The van der Waals surface area contributed by atoms with Crippen LogP contribution >= 0.6 is 11.3 Å². The first kappa shape index (κ1) is 15.3. The molecule has 1 heterocycles. The highest BCUT2D eigenvalue weighted by Crippen LogP contribution is 2.44. The molecule has 1 unspecified atom stereocenters. The summed E-state index contributed by atoms with van der Waals surface area (Å²) in [5, 5.41) is 1.22. The molecule has 4 heteroatoms. The summed E-state index contributed by atoms with van der Waals surface area (Å²) >= 11 is 1.86. The summed E-state index contributed by atoms with van der Waals surface area (Å²) in [6.07, 6.45) is 8.97. The quantitative estimate of drug-likeness (QED) is 0.906. The van der Waals surface area contributed by atoms with Gasteiger partial charge in [0, 0.05) is 23.5 Å². The normalized spacial score (nSPS) is 25.6. The van der Waals surface area contributed by atoms with E-state index in [1.807, 2.05) is 11.3 Å². The van der Waals surface area contributed by atoms with Crippen molar-refractivity contribution in [1.82, 2.24) is 4.98 Å². The Bertz CT molecular complexity index is 488.